The first-order chi connectivity index (χ1) is 14.6. The van der Waals surface area contributed by atoms with Gasteiger partial charge in [-0.25, -0.2) is 0 Å². The summed E-state index contributed by atoms with van der Waals surface area (Å²) in [6.07, 6.45) is 8.06. The van der Waals surface area contributed by atoms with Crippen LogP contribution >= 0.6 is 11.6 Å². The lowest BCUT2D eigenvalue weighted by molar-refractivity contribution is -0.0983. The summed E-state index contributed by atoms with van der Waals surface area (Å²) >= 11 is 6.50. The van der Waals surface area contributed by atoms with E-state index in [2.05, 4.69) is 37.3 Å². The van der Waals surface area contributed by atoms with Crippen molar-refractivity contribution in [3.05, 3.63) is 64.2 Å². The fourth-order valence-corrected chi connectivity index (χ4v) is 4.47. The van der Waals surface area contributed by atoms with E-state index in [1.807, 2.05) is 12.1 Å². The van der Waals surface area contributed by atoms with E-state index in [-0.39, 0.29) is 18.3 Å². The lowest BCUT2D eigenvalue weighted by Gasteiger charge is -2.33. The van der Waals surface area contributed by atoms with Crippen LogP contribution in [-0.2, 0) is 11.2 Å². The van der Waals surface area contributed by atoms with E-state index in [1.54, 1.807) is 0 Å². The van der Waals surface area contributed by atoms with Crippen LogP contribution < -0.4 is 4.74 Å². The van der Waals surface area contributed by atoms with Crippen molar-refractivity contribution in [3.63, 3.8) is 0 Å². The zero-order valence-corrected chi connectivity index (χ0v) is 18.6. The molecule has 4 heteroatoms. The molecule has 3 atom stereocenters. The molecule has 3 unspecified atom stereocenters. The quantitative estimate of drug-likeness (QED) is 0.464. The summed E-state index contributed by atoms with van der Waals surface area (Å²) in [6, 6.07) is 14.5. The summed E-state index contributed by atoms with van der Waals surface area (Å²) in [6.45, 7) is 2.91. The second-order valence-electron chi connectivity index (χ2n) is 8.89. The third-order valence-corrected chi connectivity index (χ3v) is 6.68. The van der Waals surface area contributed by atoms with Crippen molar-refractivity contribution in [1.82, 2.24) is 0 Å². The third-order valence-electron chi connectivity index (χ3n) is 6.32. The molecule has 0 aromatic heterocycles. The Bertz CT molecular complexity index is 816. The van der Waals surface area contributed by atoms with Crippen molar-refractivity contribution < 1.29 is 14.6 Å². The normalized spacial score (nSPS) is 24.0. The summed E-state index contributed by atoms with van der Waals surface area (Å²) < 4.78 is 12.1. The van der Waals surface area contributed by atoms with E-state index < -0.39 is 0 Å². The molecule has 0 bridgehead atoms. The van der Waals surface area contributed by atoms with Gasteiger partial charge in [0.15, 0.2) is 0 Å². The molecule has 3 nitrogen and oxygen atoms in total. The minimum atomic E-state index is -0.301. The van der Waals surface area contributed by atoms with Crippen LogP contribution in [0.15, 0.2) is 42.5 Å². The van der Waals surface area contributed by atoms with Gasteiger partial charge in [0, 0.05) is 11.4 Å². The Morgan fingerprint density at radius 2 is 1.90 bits per heavy atom. The topological polar surface area (TPSA) is 38.7 Å². The zero-order chi connectivity index (χ0) is 20.9. The van der Waals surface area contributed by atoms with Crippen molar-refractivity contribution in [1.29, 1.82) is 0 Å². The molecular weight excluding hydrogens is 396 g/mol. The number of aliphatic hydroxyl groups excluding tert-OH is 1. The Morgan fingerprint density at radius 1 is 1.10 bits per heavy atom. The molecule has 2 aromatic carbocycles. The summed E-state index contributed by atoms with van der Waals surface area (Å²) in [5.74, 6) is 1.90. The molecule has 1 aliphatic heterocycles. The van der Waals surface area contributed by atoms with Crippen LogP contribution in [0.1, 0.15) is 74.7 Å². The molecule has 1 heterocycles. The first kappa shape index (κ1) is 21.7. The van der Waals surface area contributed by atoms with Crippen LogP contribution in [0.4, 0.5) is 0 Å². The molecule has 2 aromatic rings. The van der Waals surface area contributed by atoms with Gasteiger partial charge in [-0.2, -0.15) is 0 Å². The Kier molecular flexibility index (Phi) is 7.35. The molecule has 0 amide bonds. The summed E-state index contributed by atoms with van der Waals surface area (Å²) in [5, 5.41) is 11.0. The van der Waals surface area contributed by atoms with Crippen molar-refractivity contribution >= 4 is 11.6 Å². The van der Waals surface area contributed by atoms with Crippen molar-refractivity contribution in [2.75, 3.05) is 6.61 Å². The van der Waals surface area contributed by atoms with Crippen LogP contribution in [0.3, 0.4) is 0 Å². The van der Waals surface area contributed by atoms with Gasteiger partial charge >= 0.3 is 0 Å². The molecule has 1 aliphatic carbocycles. The van der Waals surface area contributed by atoms with Crippen LogP contribution in [0.5, 0.6) is 5.75 Å². The van der Waals surface area contributed by atoms with Gasteiger partial charge in [-0.05, 0) is 72.9 Å². The van der Waals surface area contributed by atoms with Crippen molar-refractivity contribution in [3.8, 4) is 5.75 Å². The molecule has 30 heavy (non-hydrogen) atoms. The summed E-state index contributed by atoms with van der Waals surface area (Å²) in [5.41, 5.74) is 3.39. The lowest BCUT2D eigenvalue weighted by atomic mass is 9.93. The third kappa shape index (κ3) is 6.00. The Balaban J connectivity index is 1.37. The predicted octanol–water partition coefficient (Wildman–Crippen LogP) is 6.49. The highest BCUT2D eigenvalue weighted by atomic mass is 35.5. The standard InChI is InChI=1S/C26H33ClO3/c1-2-23-16-22(28)17-26(30-23)20-9-12-25(27)21(15-20)14-19-7-10-24(11-8-19)29-13-3-4-18-5-6-18/h7-12,15,18,22-23,26,28H,2-6,13-14,16-17H2,1H3. The van der Waals surface area contributed by atoms with E-state index in [0.29, 0.717) is 6.42 Å². The van der Waals surface area contributed by atoms with E-state index in [0.717, 1.165) is 60.1 Å². The van der Waals surface area contributed by atoms with E-state index in [1.165, 1.54) is 24.8 Å². The first-order valence-corrected chi connectivity index (χ1v) is 11.8. The molecule has 162 valence electrons. The SMILES string of the molecule is CCC1CC(O)CC(c2ccc(Cl)c(Cc3ccc(OCCCC4CC4)cc3)c2)O1. The number of rotatable bonds is 9. The summed E-state index contributed by atoms with van der Waals surface area (Å²) in [7, 11) is 0. The molecule has 1 N–H and O–H groups in total. The summed E-state index contributed by atoms with van der Waals surface area (Å²) in [4.78, 5) is 0. The Hall–Kier alpha value is -1.55. The van der Waals surface area contributed by atoms with Gasteiger partial charge in [-0.1, -0.05) is 55.6 Å². The number of benzene rings is 2. The number of aliphatic hydroxyl groups is 1. The van der Waals surface area contributed by atoms with Gasteiger partial charge in [-0.3, -0.25) is 0 Å². The molecule has 1 saturated heterocycles. The highest BCUT2D eigenvalue weighted by Gasteiger charge is 2.28. The van der Waals surface area contributed by atoms with E-state index in [9.17, 15) is 5.11 Å². The molecule has 2 aliphatic rings. The zero-order valence-electron chi connectivity index (χ0n) is 17.9. The molecule has 1 saturated carbocycles. The average molecular weight is 429 g/mol. The van der Waals surface area contributed by atoms with Crippen molar-refractivity contribution in [2.24, 2.45) is 5.92 Å². The van der Waals surface area contributed by atoms with Gasteiger partial charge in [0.2, 0.25) is 0 Å². The van der Waals surface area contributed by atoms with Gasteiger partial charge in [0.1, 0.15) is 5.75 Å². The highest BCUT2D eigenvalue weighted by molar-refractivity contribution is 6.31. The van der Waals surface area contributed by atoms with Gasteiger partial charge in [0.25, 0.3) is 0 Å². The highest BCUT2D eigenvalue weighted by Crippen LogP contribution is 2.35. The number of hydrogen-bond donors (Lipinski definition) is 1. The second kappa shape index (κ2) is 10.2. The minimum Gasteiger partial charge on any atom is -0.494 e. The fourth-order valence-electron chi connectivity index (χ4n) is 4.29. The van der Waals surface area contributed by atoms with E-state index >= 15 is 0 Å². The van der Waals surface area contributed by atoms with E-state index in [4.69, 9.17) is 21.1 Å². The number of hydrogen-bond acceptors (Lipinski definition) is 3. The number of halogens is 1. The Morgan fingerprint density at radius 3 is 2.63 bits per heavy atom. The largest absolute Gasteiger partial charge is 0.494 e. The lowest BCUT2D eigenvalue weighted by Crippen LogP contribution is -2.30. The molecular formula is C26H33ClO3. The van der Waals surface area contributed by atoms with Crippen LogP contribution in [0, 0.1) is 5.92 Å². The van der Waals surface area contributed by atoms with Crippen molar-refractivity contribution in [2.45, 2.75) is 76.6 Å². The Labute approximate surface area is 185 Å². The monoisotopic (exact) mass is 428 g/mol. The maximum Gasteiger partial charge on any atom is 0.119 e. The minimum absolute atomic E-state index is 0.0684. The van der Waals surface area contributed by atoms with Gasteiger partial charge in [0.05, 0.1) is 24.9 Å². The average Bonchev–Trinajstić information content (AvgIpc) is 3.58. The molecule has 2 fully saturated rings. The first-order valence-electron chi connectivity index (χ1n) is 11.4. The van der Waals surface area contributed by atoms with Gasteiger partial charge < -0.3 is 14.6 Å². The maximum absolute atomic E-state index is 10.2. The predicted molar refractivity (Wildman–Crippen MR) is 121 cm³/mol. The smallest absolute Gasteiger partial charge is 0.119 e. The van der Waals surface area contributed by atoms with Crippen LogP contribution in [0.2, 0.25) is 5.02 Å². The fraction of sp³-hybridized carbons (Fsp3) is 0.538. The molecule has 0 spiro atoms. The van der Waals surface area contributed by atoms with Crippen LogP contribution in [0.25, 0.3) is 0 Å². The molecule has 4 rings (SSSR count). The van der Waals surface area contributed by atoms with Gasteiger partial charge in [-0.15, -0.1) is 0 Å². The number of ether oxygens (including phenoxy) is 2. The second-order valence-corrected chi connectivity index (χ2v) is 9.29. The van der Waals surface area contributed by atoms with Crippen LogP contribution in [-0.4, -0.2) is 23.9 Å². The maximum atomic E-state index is 10.2. The molecule has 0 radical (unpaired) electrons.